The first-order valence-corrected chi connectivity index (χ1v) is 8.89. The number of rotatable bonds is 5. The third-order valence-electron chi connectivity index (χ3n) is 4.62. The number of nitrogens with one attached hydrogen (secondary N) is 2. The van der Waals surface area contributed by atoms with Crippen molar-refractivity contribution in [2.45, 2.75) is 32.4 Å². The van der Waals surface area contributed by atoms with Crippen LogP contribution >= 0.6 is 0 Å². The monoisotopic (exact) mass is 356 g/mol. The summed E-state index contributed by atoms with van der Waals surface area (Å²) < 4.78 is 5.35. The maximum atomic E-state index is 12.4. The van der Waals surface area contributed by atoms with E-state index in [2.05, 4.69) is 15.3 Å². The fourth-order valence-electron chi connectivity index (χ4n) is 3.05. The molecule has 2 amide bonds. The summed E-state index contributed by atoms with van der Waals surface area (Å²) in [5.41, 5.74) is 0.960. The number of imidazole rings is 1. The van der Waals surface area contributed by atoms with Crippen LogP contribution in [0.25, 0.3) is 0 Å². The number of hydrogen-bond donors (Lipinski definition) is 2. The van der Waals surface area contributed by atoms with Crippen LogP contribution in [0, 0.1) is 5.92 Å². The molecule has 2 N–H and O–H groups in total. The predicted octanol–water partition coefficient (Wildman–Crippen LogP) is 2.64. The lowest BCUT2D eigenvalue weighted by Crippen LogP contribution is -2.43. The molecule has 1 aliphatic rings. The van der Waals surface area contributed by atoms with Gasteiger partial charge in [0.2, 0.25) is 5.91 Å². The normalized spacial score (nSPS) is 16.1. The Labute approximate surface area is 152 Å². The number of carbonyl (C=O) groups excluding carboxylic acids is 2. The van der Waals surface area contributed by atoms with Crippen LogP contribution in [0.2, 0.25) is 0 Å². The number of piperidine rings is 1. The van der Waals surface area contributed by atoms with Gasteiger partial charge in [0.25, 0.3) is 0 Å². The van der Waals surface area contributed by atoms with Gasteiger partial charge in [-0.15, -0.1) is 0 Å². The molecule has 0 bridgehead atoms. The molecule has 0 spiro atoms. The topological polar surface area (TPSA) is 87.3 Å². The predicted molar refractivity (Wildman–Crippen MR) is 96.1 cm³/mol. The Morgan fingerprint density at radius 1 is 1.31 bits per heavy atom. The van der Waals surface area contributed by atoms with Gasteiger partial charge >= 0.3 is 6.09 Å². The number of hydrogen-bond acceptors (Lipinski definition) is 4. The minimum Gasteiger partial charge on any atom is -0.445 e. The number of aromatic amines is 1. The van der Waals surface area contributed by atoms with Crippen molar-refractivity contribution < 1.29 is 14.3 Å². The van der Waals surface area contributed by atoms with Crippen molar-refractivity contribution in [3.05, 3.63) is 54.1 Å². The van der Waals surface area contributed by atoms with Crippen LogP contribution in [-0.2, 0) is 16.1 Å². The van der Waals surface area contributed by atoms with E-state index in [0.717, 1.165) is 11.4 Å². The van der Waals surface area contributed by atoms with Gasteiger partial charge in [-0.3, -0.25) is 4.79 Å². The number of amides is 2. The molecule has 1 aliphatic heterocycles. The molecule has 1 saturated heterocycles. The molecule has 7 heteroatoms. The summed E-state index contributed by atoms with van der Waals surface area (Å²) in [5, 5.41) is 2.98. The fraction of sp³-hybridized carbons (Fsp3) is 0.421. The molecule has 1 fully saturated rings. The summed E-state index contributed by atoms with van der Waals surface area (Å²) in [5.74, 6) is 0.650. The molecule has 2 heterocycles. The Hall–Kier alpha value is -2.83. The summed E-state index contributed by atoms with van der Waals surface area (Å²) in [6.45, 7) is 3.22. The standard InChI is InChI=1S/C19H24N4O3/c1-14(17-20-9-10-21-17)22-18(24)16-7-11-23(12-8-16)19(25)26-13-15-5-3-2-4-6-15/h2-6,9-10,14,16H,7-8,11-13H2,1H3,(H,20,21)(H,22,24). The SMILES string of the molecule is CC(NC(=O)C1CCN(C(=O)OCc2ccccc2)CC1)c1ncc[nH]1. The molecular formula is C19H24N4O3. The van der Waals surface area contributed by atoms with Crippen LogP contribution in [0.1, 0.15) is 37.2 Å². The lowest BCUT2D eigenvalue weighted by Gasteiger charge is -2.31. The maximum absolute atomic E-state index is 12.4. The number of nitrogens with zero attached hydrogens (tertiary/aromatic N) is 2. The summed E-state index contributed by atoms with van der Waals surface area (Å²) >= 11 is 0. The van der Waals surface area contributed by atoms with Gasteiger partial charge in [0.05, 0.1) is 6.04 Å². The summed E-state index contributed by atoms with van der Waals surface area (Å²) in [6, 6.07) is 9.43. The van der Waals surface area contributed by atoms with Gasteiger partial charge in [0.15, 0.2) is 0 Å². The zero-order valence-electron chi connectivity index (χ0n) is 14.9. The van der Waals surface area contributed by atoms with E-state index in [1.165, 1.54) is 0 Å². The molecule has 0 aliphatic carbocycles. The van der Waals surface area contributed by atoms with Crippen LogP contribution < -0.4 is 5.32 Å². The van der Waals surface area contributed by atoms with Crippen molar-refractivity contribution in [1.29, 1.82) is 0 Å². The summed E-state index contributed by atoms with van der Waals surface area (Å²) in [7, 11) is 0. The molecule has 0 saturated carbocycles. The molecule has 1 aromatic heterocycles. The quantitative estimate of drug-likeness (QED) is 0.862. The number of H-pyrrole nitrogens is 1. The lowest BCUT2D eigenvalue weighted by atomic mass is 9.96. The molecule has 3 rings (SSSR count). The highest BCUT2D eigenvalue weighted by Crippen LogP contribution is 2.19. The molecule has 1 aromatic carbocycles. The molecular weight excluding hydrogens is 332 g/mol. The Morgan fingerprint density at radius 3 is 2.69 bits per heavy atom. The molecule has 0 radical (unpaired) electrons. The molecule has 26 heavy (non-hydrogen) atoms. The molecule has 1 atom stereocenters. The fourth-order valence-corrected chi connectivity index (χ4v) is 3.05. The number of carbonyl (C=O) groups is 2. The molecule has 2 aromatic rings. The van der Waals surface area contributed by atoms with Crippen molar-refractivity contribution in [3.63, 3.8) is 0 Å². The molecule has 1 unspecified atom stereocenters. The average molecular weight is 356 g/mol. The van der Waals surface area contributed by atoms with Crippen LogP contribution in [0.3, 0.4) is 0 Å². The third kappa shape index (κ3) is 4.62. The highest BCUT2D eigenvalue weighted by molar-refractivity contribution is 5.79. The van der Waals surface area contributed by atoms with Gasteiger partial charge in [0, 0.05) is 31.4 Å². The Balaban J connectivity index is 1.42. The lowest BCUT2D eigenvalue weighted by molar-refractivity contribution is -0.127. The van der Waals surface area contributed by atoms with E-state index in [0.29, 0.717) is 25.9 Å². The van der Waals surface area contributed by atoms with Crippen molar-refractivity contribution >= 4 is 12.0 Å². The van der Waals surface area contributed by atoms with Crippen LogP contribution in [-0.4, -0.2) is 40.0 Å². The van der Waals surface area contributed by atoms with Crippen LogP contribution in [0.4, 0.5) is 4.79 Å². The van der Waals surface area contributed by atoms with Crippen LogP contribution in [0.5, 0.6) is 0 Å². The first-order valence-electron chi connectivity index (χ1n) is 8.89. The van der Waals surface area contributed by atoms with Gasteiger partial charge in [-0.1, -0.05) is 30.3 Å². The highest BCUT2D eigenvalue weighted by Gasteiger charge is 2.29. The van der Waals surface area contributed by atoms with E-state index in [-0.39, 0.29) is 30.6 Å². The third-order valence-corrected chi connectivity index (χ3v) is 4.62. The number of aromatic nitrogens is 2. The second-order valence-electron chi connectivity index (χ2n) is 6.51. The Bertz CT molecular complexity index is 710. The van der Waals surface area contributed by atoms with Crippen molar-refractivity contribution in [1.82, 2.24) is 20.2 Å². The van der Waals surface area contributed by atoms with Crippen molar-refractivity contribution in [2.75, 3.05) is 13.1 Å². The maximum Gasteiger partial charge on any atom is 0.410 e. The van der Waals surface area contributed by atoms with Gasteiger partial charge in [-0.05, 0) is 25.3 Å². The van der Waals surface area contributed by atoms with E-state index < -0.39 is 0 Å². The van der Waals surface area contributed by atoms with E-state index in [4.69, 9.17) is 4.74 Å². The smallest absolute Gasteiger partial charge is 0.410 e. The first kappa shape index (κ1) is 18.0. The molecule has 7 nitrogen and oxygen atoms in total. The number of ether oxygens (including phenoxy) is 1. The number of likely N-dealkylation sites (tertiary alicyclic amines) is 1. The summed E-state index contributed by atoms with van der Waals surface area (Å²) in [4.78, 5) is 33.4. The van der Waals surface area contributed by atoms with E-state index >= 15 is 0 Å². The second kappa shape index (κ2) is 8.51. The minimum absolute atomic E-state index is 0.00574. The molecule has 138 valence electrons. The summed E-state index contributed by atoms with van der Waals surface area (Å²) in [6.07, 6.45) is 4.35. The zero-order valence-corrected chi connectivity index (χ0v) is 14.9. The average Bonchev–Trinajstić information content (AvgIpc) is 3.22. The van der Waals surface area contributed by atoms with E-state index in [1.807, 2.05) is 37.3 Å². The van der Waals surface area contributed by atoms with Gasteiger partial charge in [-0.2, -0.15) is 0 Å². The van der Waals surface area contributed by atoms with Gasteiger partial charge < -0.3 is 19.9 Å². The number of benzene rings is 1. The van der Waals surface area contributed by atoms with Crippen molar-refractivity contribution in [2.24, 2.45) is 5.92 Å². The van der Waals surface area contributed by atoms with Crippen molar-refractivity contribution in [3.8, 4) is 0 Å². The Morgan fingerprint density at radius 2 is 2.04 bits per heavy atom. The second-order valence-corrected chi connectivity index (χ2v) is 6.51. The van der Waals surface area contributed by atoms with Gasteiger partial charge in [-0.25, -0.2) is 9.78 Å². The van der Waals surface area contributed by atoms with Crippen LogP contribution in [0.15, 0.2) is 42.7 Å². The van der Waals surface area contributed by atoms with E-state index in [1.54, 1.807) is 17.3 Å². The van der Waals surface area contributed by atoms with Gasteiger partial charge in [0.1, 0.15) is 12.4 Å². The zero-order chi connectivity index (χ0) is 18.4. The largest absolute Gasteiger partial charge is 0.445 e. The minimum atomic E-state index is -0.323. The Kier molecular flexibility index (Phi) is 5.88. The highest BCUT2D eigenvalue weighted by atomic mass is 16.6. The van der Waals surface area contributed by atoms with E-state index in [9.17, 15) is 9.59 Å². The first-order chi connectivity index (χ1) is 12.6.